The Morgan fingerprint density at radius 3 is 2.47 bits per heavy atom. The first-order valence-corrected chi connectivity index (χ1v) is 11.2. The third-order valence-electron chi connectivity index (χ3n) is 6.33. The molecule has 0 radical (unpaired) electrons. The number of rotatable bonds is 5. The highest BCUT2D eigenvalue weighted by molar-refractivity contribution is 5.92. The molecule has 166 valence electrons. The molecule has 5 nitrogen and oxygen atoms in total. The van der Waals surface area contributed by atoms with Crippen LogP contribution >= 0.6 is 0 Å². The molecule has 4 rings (SSSR count). The minimum absolute atomic E-state index is 0.0528. The van der Waals surface area contributed by atoms with E-state index < -0.39 is 0 Å². The van der Waals surface area contributed by atoms with Crippen LogP contribution in [-0.2, 0) is 11.3 Å². The van der Waals surface area contributed by atoms with Crippen molar-refractivity contribution in [2.24, 2.45) is 0 Å². The van der Waals surface area contributed by atoms with E-state index in [9.17, 15) is 4.79 Å². The van der Waals surface area contributed by atoms with Crippen molar-refractivity contribution < 1.29 is 4.79 Å². The number of aryl methyl sites for hydroxylation is 2. The van der Waals surface area contributed by atoms with E-state index in [1.807, 2.05) is 40.8 Å². The molecule has 0 N–H and O–H groups in total. The molecule has 1 aromatic heterocycles. The Balaban J connectivity index is 1.52. The molecule has 5 heteroatoms. The van der Waals surface area contributed by atoms with Crippen molar-refractivity contribution in [3.63, 3.8) is 0 Å². The number of amides is 1. The van der Waals surface area contributed by atoms with Gasteiger partial charge in [-0.3, -0.25) is 9.48 Å². The summed E-state index contributed by atoms with van der Waals surface area (Å²) in [5.41, 5.74) is 6.69. The lowest BCUT2D eigenvalue weighted by molar-refractivity contribution is -0.130. The minimum Gasteiger partial charge on any atom is -0.330 e. The molecular weight excluding hydrogens is 396 g/mol. The van der Waals surface area contributed by atoms with E-state index in [4.69, 9.17) is 5.10 Å². The summed E-state index contributed by atoms with van der Waals surface area (Å²) < 4.78 is 2.02. The van der Waals surface area contributed by atoms with Crippen LogP contribution in [0.5, 0.6) is 0 Å². The summed E-state index contributed by atoms with van der Waals surface area (Å²) in [6.45, 7) is 9.35. The smallest absolute Gasteiger partial charge is 0.247 e. The van der Waals surface area contributed by atoms with Gasteiger partial charge in [0.05, 0.1) is 18.3 Å². The Morgan fingerprint density at radius 2 is 1.75 bits per heavy atom. The van der Waals surface area contributed by atoms with Gasteiger partial charge in [-0.1, -0.05) is 60.2 Å². The molecule has 2 aromatic carbocycles. The van der Waals surface area contributed by atoms with Gasteiger partial charge in [-0.05, 0) is 45.0 Å². The lowest BCUT2D eigenvalue weighted by Gasteiger charge is -2.40. The zero-order chi connectivity index (χ0) is 22.7. The van der Waals surface area contributed by atoms with Crippen LogP contribution in [0.15, 0.2) is 60.7 Å². The maximum atomic E-state index is 13.2. The van der Waals surface area contributed by atoms with E-state index in [1.165, 1.54) is 16.7 Å². The number of aromatic nitrogens is 2. The molecule has 1 fully saturated rings. The quantitative estimate of drug-likeness (QED) is 0.566. The molecule has 2 heterocycles. The summed E-state index contributed by atoms with van der Waals surface area (Å²) in [5.74, 6) is 0.0528. The fraction of sp³-hybridized carbons (Fsp3) is 0.333. The molecule has 32 heavy (non-hydrogen) atoms. The fourth-order valence-corrected chi connectivity index (χ4v) is 4.37. The summed E-state index contributed by atoms with van der Waals surface area (Å²) in [5, 5.41) is 4.72. The second-order valence-electron chi connectivity index (χ2n) is 8.78. The van der Waals surface area contributed by atoms with Crippen molar-refractivity contribution in [1.29, 1.82) is 0 Å². The Labute approximate surface area is 191 Å². The molecule has 1 aliphatic rings. The van der Waals surface area contributed by atoms with E-state index in [-0.39, 0.29) is 11.9 Å². The molecule has 1 atom stereocenters. The van der Waals surface area contributed by atoms with E-state index in [1.54, 1.807) is 6.08 Å². The normalized spacial score (nSPS) is 17.2. The summed E-state index contributed by atoms with van der Waals surface area (Å²) in [6, 6.07) is 18.9. The van der Waals surface area contributed by atoms with Gasteiger partial charge in [0.1, 0.15) is 0 Å². The summed E-state index contributed by atoms with van der Waals surface area (Å²) in [4.78, 5) is 17.5. The van der Waals surface area contributed by atoms with Crippen molar-refractivity contribution in [1.82, 2.24) is 19.6 Å². The highest BCUT2D eigenvalue weighted by Gasteiger charge is 2.29. The molecule has 0 unspecified atom stereocenters. The third kappa shape index (κ3) is 4.83. The predicted octanol–water partition coefficient (Wildman–Crippen LogP) is 4.39. The van der Waals surface area contributed by atoms with Crippen molar-refractivity contribution >= 4 is 12.0 Å². The Hall–Kier alpha value is -3.18. The number of benzene rings is 2. The zero-order valence-corrected chi connectivity index (χ0v) is 19.5. The fourth-order valence-electron chi connectivity index (χ4n) is 4.37. The number of nitrogens with zero attached hydrogens (tertiary/aromatic N) is 4. The van der Waals surface area contributed by atoms with Crippen LogP contribution in [0.3, 0.4) is 0 Å². The van der Waals surface area contributed by atoms with Crippen LogP contribution in [0.1, 0.15) is 39.7 Å². The second kappa shape index (κ2) is 9.53. The monoisotopic (exact) mass is 428 g/mol. The highest BCUT2D eigenvalue weighted by atomic mass is 16.2. The van der Waals surface area contributed by atoms with Crippen molar-refractivity contribution in [2.45, 2.75) is 33.4 Å². The van der Waals surface area contributed by atoms with E-state index >= 15 is 0 Å². The SMILES string of the molecule is Cc1ccc(Cn2nc(C)c(/C=C/C(=O)N3CCN(C)C[C@@H]3c3ccccc3)c2C)cc1. The Kier molecular flexibility index (Phi) is 6.56. The second-order valence-corrected chi connectivity index (χ2v) is 8.78. The summed E-state index contributed by atoms with van der Waals surface area (Å²) in [6.07, 6.45) is 3.65. The van der Waals surface area contributed by atoms with Gasteiger partial charge < -0.3 is 9.80 Å². The van der Waals surface area contributed by atoms with Crippen LogP contribution in [0.4, 0.5) is 0 Å². The van der Waals surface area contributed by atoms with Crippen LogP contribution in [0.2, 0.25) is 0 Å². The van der Waals surface area contributed by atoms with Gasteiger partial charge in [-0.25, -0.2) is 0 Å². The highest BCUT2D eigenvalue weighted by Crippen LogP contribution is 2.25. The molecule has 1 aliphatic heterocycles. The van der Waals surface area contributed by atoms with Crippen molar-refractivity contribution in [3.8, 4) is 0 Å². The zero-order valence-electron chi connectivity index (χ0n) is 19.5. The van der Waals surface area contributed by atoms with Crippen molar-refractivity contribution in [3.05, 3.63) is 94.3 Å². The molecular formula is C27H32N4O. The van der Waals surface area contributed by atoms with Gasteiger partial charge in [0.15, 0.2) is 0 Å². The standard InChI is InChI=1S/C27H32N4O/c1-20-10-12-23(13-11-20)18-31-22(3)25(21(2)28-31)14-15-27(32)30-17-16-29(4)19-26(30)24-8-6-5-7-9-24/h5-15,26H,16-19H2,1-4H3/b15-14+/t26-/m1/s1. The van der Waals surface area contributed by atoms with Gasteiger partial charge in [0.2, 0.25) is 5.91 Å². The van der Waals surface area contributed by atoms with Crippen LogP contribution < -0.4 is 0 Å². The Morgan fingerprint density at radius 1 is 1.03 bits per heavy atom. The van der Waals surface area contributed by atoms with Gasteiger partial charge in [-0.15, -0.1) is 0 Å². The Bertz CT molecular complexity index is 1100. The number of likely N-dealkylation sites (N-methyl/N-ethyl adjacent to an activating group) is 1. The van der Waals surface area contributed by atoms with Crippen LogP contribution in [0, 0.1) is 20.8 Å². The number of piperazine rings is 1. The molecule has 0 aliphatic carbocycles. The average molecular weight is 429 g/mol. The number of hydrogen-bond acceptors (Lipinski definition) is 3. The van der Waals surface area contributed by atoms with Crippen LogP contribution in [0.25, 0.3) is 6.08 Å². The first kappa shape index (κ1) is 22.0. The lowest BCUT2D eigenvalue weighted by atomic mass is 10.0. The third-order valence-corrected chi connectivity index (χ3v) is 6.33. The van der Waals surface area contributed by atoms with Gasteiger partial charge in [0.25, 0.3) is 0 Å². The molecule has 0 bridgehead atoms. The van der Waals surface area contributed by atoms with Gasteiger partial charge in [-0.2, -0.15) is 5.10 Å². The average Bonchev–Trinajstić information content (AvgIpc) is 3.06. The first-order chi connectivity index (χ1) is 15.4. The van der Waals surface area contributed by atoms with Gasteiger partial charge in [0, 0.05) is 37.0 Å². The largest absolute Gasteiger partial charge is 0.330 e. The maximum absolute atomic E-state index is 13.2. The van der Waals surface area contributed by atoms with Crippen LogP contribution in [-0.4, -0.2) is 52.2 Å². The van der Waals surface area contributed by atoms with E-state index in [2.05, 4.69) is 62.2 Å². The number of hydrogen-bond donors (Lipinski definition) is 0. The summed E-state index contributed by atoms with van der Waals surface area (Å²) >= 11 is 0. The molecule has 1 saturated heterocycles. The van der Waals surface area contributed by atoms with Crippen molar-refractivity contribution in [2.75, 3.05) is 26.7 Å². The molecule has 0 saturated carbocycles. The molecule has 1 amide bonds. The number of carbonyl (C=O) groups excluding carboxylic acids is 1. The summed E-state index contributed by atoms with van der Waals surface area (Å²) in [7, 11) is 2.11. The first-order valence-electron chi connectivity index (χ1n) is 11.2. The molecule has 3 aromatic rings. The predicted molar refractivity (Wildman–Crippen MR) is 129 cm³/mol. The molecule has 0 spiro atoms. The van der Waals surface area contributed by atoms with E-state index in [0.29, 0.717) is 0 Å². The maximum Gasteiger partial charge on any atom is 0.247 e. The van der Waals surface area contributed by atoms with E-state index in [0.717, 1.165) is 43.1 Å². The minimum atomic E-state index is 0.0528. The lowest BCUT2D eigenvalue weighted by Crippen LogP contribution is -2.48. The van der Waals surface area contributed by atoms with Gasteiger partial charge >= 0.3 is 0 Å². The topological polar surface area (TPSA) is 41.4 Å². The number of carbonyl (C=O) groups is 1.